The predicted octanol–water partition coefficient (Wildman–Crippen LogP) is 3.63. The highest BCUT2D eigenvalue weighted by molar-refractivity contribution is 7.18. The van der Waals surface area contributed by atoms with Crippen LogP contribution >= 0.6 is 11.3 Å². The first-order valence-electron chi connectivity index (χ1n) is 8.50. The Bertz CT molecular complexity index is 1160. The van der Waals surface area contributed by atoms with Crippen LogP contribution in [0.3, 0.4) is 0 Å². The van der Waals surface area contributed by atoms with Gasteiger partial charge in [0, 0.05) is 11.3 Å². The summed E-state index contributed by atoms with van der Waals surface area (Å²) in [5.41, 5.74) is 2.46. The van der Waals surface area contributed by atoms with Crippen molar-refractivity contribution >= 4 is 27.9 Å². The Hall–Kier alpha value is -3.32. The zero-order valence-corrected chi connectivity index (χ0v) is 15.4. The molecule has 2 aromatic carbocycles. The molecule has 0 saturated carbocycles. The summed E-state index contributed by atoms with van der Waals surface area (Å²) in [5, 5.41) is 7.21. The monoisotopic (exact) mass is 376 g/mol. The average molecular weight is 376 g/mol. The fraction of sp³-hybridized carbons (Fsp3) is 0.100. The summed E-state index contributed by atoms with van der Waals surface area (Å²) in [6.45, 7) is 2.08. The third-order valence-corrected chi connectivity index (χ3v) is 5.11. The van der Waals surface area contributed by atoms with Gasteiger partial charge in [-0.15, -0.1) is 0 Å². The summed E-state index contributed by atoms with van der Waals surface area (Å²) >= 11 is 1.13. The van der Waals surface area contributed by atoms with Crippen LogP contribution in [0.5, 0.6) is 0 Å². The van der Waals surface area contributed by atoms with Crippen LogP contribution in [0.1, 0.15) is 22.2 Å². The van der Waals surface area contributed by atoms with E-state index >= 15 is 0 Å². The van der Waals surface area contributed by atoms with Gasteiger partial charge in [-0.3, -0.25) is 9.59 Å². The lowest BCUT2D eigenvalue weighted by molar-refractivity contribution is 0.103. The number of hydrogen-bond donors (Lipinski definition) is 1. The molecular weight excluding hydrogens is 360 g/mol. The summed E-state index contributed by atoms with van der Waals surface area (Å²) < 4.78 is 1.48. The van der Waals surface area contributed by atoms with Gasteiger partial charge in [0.15, 0.2) is 5.69 Å². The smallest absolute Gasteiger partial charge is 0.300 e. The van der Waals surface area contributed by atoms with Gasteiger partial charge in [-0.05, 0) is 24.1 Å². The Morgan fingerprint density at radius 1 is 1.11 bits per heavy atom. The number of carbonyl (C=O) groups excluding carboxylic acids is 1. The molecule has 7 heteroatoms. The number of amides is 1. The first kappa shape index (κ1) is 17.1. The van der Waals surface area contributed by atoms with Crippen LogP contribution in [0.2, 0.25) is 0 Å². The molecule has 0 fully saturated rings. The quantitative estimate of drug-likeness (QED) is 0.590. The molecule has 134 valence electrons. The van der Waals surface area contributed by atoms with Gasteiger partial charge in [0.25, 0.3) is 5.91 Å². The number of aromatic nitrogens is 3. The van der Waals surface area contributed by atoms with E-state index in [0.29, 0.717) is 15.4 Å². The summed E-state index contributed by atoms with van der Waals surface area (Å²) in [7, 11) is 0. The van der Waals surface area contributed by atoms with Crippen molar-refractivity contribution in [3.63, 3.8) is 0 Å². The molecule has 0 unspecified atom stereocenters. The summed E-state index contributed by atoms with van der Waals surface area (Å²) in [6, 6.07) is 16.8. The van der Waals surface area contributed by atoms with Gasteiger partial charge >= 0.3 is 5.56 Å². The maximum Gasteiger partial charge on any atom is 0.300 e. The Labute approximate surface area is 159 Å². The number of thiazole rings is 1. The van der Waals surface area contributed by atoms with Crippen molar-refractivity contribution < 1.29 is 4.79 Å². The number of benzene rings is 2. The number of fused-ring (bicyclic) bond motifs is 1. The molecule has 0 aliphatic carbocycles. The molecule has 2 heterocycles. The van der Waals surface area contributed by atoms with E-state index in [0.717, 1.165) is 23.4 Å². The first-order valence-corrected chi connectivity index (χ1v) is 9.32. The molecule has 0 aliphatic heterocycles. The van der Waals surface area contributed by atoms with Gasteiger partial charge in [-0.2, -0.15) is 10.1 Å². The lowest BCUT2D eigenvalue weighted by Crippen LogP contribution is -2.14. The molecule has 0 saturated heterocycles. The molecule has 0 aliphatic rings. The normalized spacial score (nSPS) is 10.9. The summed E-state index contributed by atoms with van der Waals surface area (Å²) in [4.78, 5) is 29.7. The Balaban J connectivity index is 1.64. The third kappa shape index (κ3) is 3.50. The van der Waals surface area contributed by atoms with Crippen molar-refractivity contribution in [1.29, 1.82) is 0 Å². The number of aryl methyl sites for hydroxylation is 1. The molecule has 6 nitrogen and oxygen atoms in total. The highest BCUT2D eigenvalue weighted by Gasteiger charge is 2.15. The molecule has 2 aromatic heterocycles. The maximum absolute atomic E-state index is 12.5. The van der Waals surface area contributed by atoms with Crippen LogP contribution in [0.25, 0.3) is 16.2 Å². The van der Waals surface area contributed by atoms with Gasteiger partial charge in [0.05, 0.1) is 6.20 Å². The summed E-state index contributed by atoms with van der Waals surface area (Å²) in [5.74, 6) is -0.259. The van der Waals surface area contributed by atoms with Gasteiger partial charge in [-0.25, -0.2) is 4.52 Å². The maximum atomic E-state index is 12.5. The fourth-order valence-electron chi connectivity index (χ4n) is 2.67. The topological polar surface area (TPSA) is 76.4 Å². The van der Waals surface area contributed by atoms with E-state index in [-0.39, 0.29) is 11.6 Å². The number of carbonyl (C=O) groups is 1. The largest absolute Gasteiger partial charge is 0.321 e. The van der Waals surface area contributed by atoms with Crippen LogP contribution in [0.4, 0.5) is 5.69 Å². The zero-order valence-electron chi connectivity index (χ0n) is 14.5. The number of rotatable bonds is 4. The standard InChI is InChI=1S/C20H16N4O2S/c1-2-13-8-10-15(11-9-13)21-18(25)16-12-24-20(27-16)22-19(26)17(23-24)14-6-4-3-5-7-14/h3-12H,2H2,1H3,(H,21,25). The minimum Gasteiger partial charge on any atom is -0.321 e. The Kier molecular flexibility index (Phi) is 4.52. The van der Waals surface area contributed by atoms with E-state index in [2.05, 4.69) is 22.3 Å². The van der Waals surface area contributed by atoms with Gasteiger partial charge in [0.2, 0.25) is 4.96 Å². The number of hydrogen-bond acceptors (Lipinski definition) is 5. The minimum absolute atomic E-state index is 0.257. The van der Waals surface area contributed by atoms with Crippen molar-refractivity contribution in [2.75, 3.05) is 5.32 Å². The Morgan fingerprint density at radius 2 is 1.85 bits per heavy atom. The molecule has 4 aromatic rings. The van der Waals surface area contributed by atoms with E-state index in [1.807, 2.05) is 42.5 Å². The van der Waals surface area contributed by atoms with E-state index < -0.39 is 5.56 Å². The lowest BCUT2D eigenvalue weighted by atomic mass is 10.1. The molecule has 0 atom stereocenters. The average Bonchev–Trinajstić information content (AvgIpc) is 3.11. The van der Waals surface area contributed by atoms with E-state index in [1.54, 1.807) is 18.3 Å². The second kappa shape index (κ2) is 7.13. The van der Waals surface area contributed by atoms with E-state index in [4.69, 9.17) is 0 Å². The molecule has 1 N–H and O–H groups in total. The van der Waals surface area contributed by atoms with Crippen molar-refractivity contribution in [3.8, 4) is 11.3 Å². The molecular formula is C20H16N4O2S. The van der Waals surface area contributed by atoms with Gasteiger partial charge in [-0.1, -0.05) is 60.7 Å². The van der Waals surface area contributed by atoms with Crippen LogP contribution < -0.4 is 10.9 Å². The number of anilines is 1. The highest BCUT2D eigenvalue weighted by Crippen LogP contribution is 2.19. The third-order valence-electron chi connectivity index (χ3n) is 4.14. The van der Waals surface area contributed by atoms with Gasteiger partial charge in [0.1, 0.15) is 4.88 Å². The van der Waals surface area contributed by atoms with Gasteiger partial charge < -0.3 is 5.32 Å². The molecule has 0 bridgehead atoms. The van der Waals surface area contributed by atoms with Crippen LogP contribution in [-0.4, -0.2) is 20.5 Å². The second-order valence-electron chi connectivity index (χ2n) is 5.96. The minimum atomic E-state index is -0.412. The van der Waals surface area contributed by atoms with E-state index in [9.17, 15) is 9.59 Å². The van der Waals surface area contributed by atoms with Crippen molar-refractivity contribution in [2.45, 2.75) is 13.3 Å². The van der Waals surface area contributed by atoms with Crippen molar-refractivity contribution in [2.24, 2.45) is 0 Å². The highest BCUT2D eigenvalue weighted by atomic mass is 32.1. The Morgan fingerprint density at radius 3 is 2.56 bits per heavy atom. The van der Waals surface area contributed by atoms with Crippen LogP contribution in [-0.2, 0) is 6.42 Å². The zero-order chi connectivity index (χ0) is 18.8. The lowest BCUT2D eigenvalue weighted by Gasteiger charge is -2.04. The molecule has 0 spiro atoms. The predicted molar refractivity (Wildman–Crippen MR) is 106 cm³/mol. The number of nitrogens with zero attached hydrogens (tertiary/aromatic N) is 3. The first-order chi connectivity index (χ1) is 13.1. The van der Waals surface area contributed by atoms with Crippen molar-refractivity contribution in [3.05, 3.63) is 81.6 Å². The van der Waals surface area contributed by atoms with E-state index in [1.165, 1.54) is 10.1 Å². The molecule has 27 heavy (non-hydrogen) atoms. The summed E-state index contributed by atoms with van der Waals surface area (Å²) in [6.07, 6.45) is 2.54. The van der Waals surface area contributed by atoms with Crippen molar-refractivity contribution in [1.82, 2.24) is 14.6 Å². The van der Waals surface area contributed by atoms with Crippen LogP contribution in [0, 0.1) is 0 Å². The molecule has 0 radical (unpaired) electrons. The number of nitrogens with one attached hydrogen (secondary N) is 1. The SMILES string of the molecule is CCc1ccc(NC(=O)c2cn3nc(-c4ccccc4)c(=O)nc3s2)cc1. The molecule has 1 amide bonds. The second-order valence-corrected chi connectivity index (χ2v) is 6.97. The van der Waals surface area contributed by atoms with Crippen LogP contribution in [0.15, 0.2) is 65.6 Å². The molecule has 4 rings (SSSR count). The fourth-order valence-corrected chi connectivity index (χ4v) is 3.48.